The topological polar surface area (TPSA) is 85.7 Å². The first kappa shape index (κ1) is 23.5. The van der Waals surface area contributed by atoms with E-state index < -0.39 is 5.54 Å². The monoisotopic (exact) mass is 462 g/mol. The Bertz CT molecular complexity index is 1140. The molecule has 1 aliphatic heterocycles. The Morgan fingerprint density at radius 2 is 1.85 bits per heavy atom. The first-order valence-electron chi connectivity index (χ1n) is 11.3. The highest BCUT2D eigenvalue weighted by Gasteiger charge is 2.47. The van der Waals surface area contributed by atoms with Gasteiger partial charge in [0.25, 0.3) is 5.91 Å². The van der Waals surface area contributed by atoms with Crippen LogP contribution in [0.3, 0.4) is 0 Å². The van der Waals surface area contributed by atoms with Crippen LogP contribution in [0.4, 0.5) is 0 Å². The molecular formula is C26H30N4O4. The van der Waals surface area contributed by atoms with E-state index in [1.54, 1.807) is 36.8 Å². The average molecular weight is 463 g/mol. The quantitative estimate of drug-likeness (QED) is 0.494. The molecule has 0 saturated heterocycles. The number of fused-ring (bicyclic) bond motifs is 1. The molecule has 0 aliphatic carbocycles. The van der Waals surface area contributed by atoms with Crippen LogP contribution >= 0.6 is 0 Å². The summed E-state index contributed by atoms with van der Waals surface area (Å²) in [7, 11) is 3.24. The number of rotatable bonds is 9. The SMILES string of the molecule is COCCCN1C(=O)c2cc(-c3ccc(OC)cc3)nn2C[C@]1(C)C(=O)NCc1ccccc1. The zero-order valence-corrected chi connectivity index (χ0v) is 19.8. The highest BCUT2D eigenvalue weighted by Crippen LogP contribution is 2.31. The first-order valence-corrected chi connectivity index (χ1v) is 11.3. The van der Waals surface area contributed by atoms with Gasteiger partial charge in [0.15, 0.2) is 0 Å². The molecule has 0 fully saturated rings. The maximum Gasteiger partial charge on any atom is 0.273 e. The Morgan fingerprint density at radius 3 is 2.53 bits per heavy atom. The smallest absolute Gasteiger partial charge is 0.273 e. The van der Waals surface area contributed by atoms with Crippen molar-refractivity contribution in [1.29, 1.82) is 0 Å². The van der Waals surface area contributed by atoms with Gasteiger partial charge in [0.05, 0.1) is 19.3 Å². The lowest BCUT2D eigenvalue weighted by Gasteiger charge is -2.43. The molecule has 8 heteroatoms. The van der Waals surface area contributed by atoms with Gasteiger partial charge in [-0.2, -0.15) is 5.10 Å². The Kier molecular flexibility index (Phi) is 6.98. The number of hydrogen-bond donors (Lipinski definition) is 1. The second-order valence-corrected chi connectivity index (χ2v) is 8.55. The second kappa shape index (κ2) is 10.1. The molecule has 0 bridgehead atoms. The van der Waals surface area contributed by atoms with Crippen molar-refractivity contribution in [3.05, 3.63) is 71.9 Å². The summed E-state index contributed by atoms with van der Waals surface area (Å²) in [5, 5.41) is 7.69. The maximum absolute atomic E-state index is 13.6. The van der Waals surface area contributed by atoms with Crippen molar-refractivity contribution in [3.63, 3.8) is 0 Å². The molecule has 1 N–H and O–H groups in total. The summed E-state index contributed by atoms with van der Waals surface area (Å²) >= 11 is 0. The van der Waals surface area contributed by atoms with Crippen LogP contribution in [-0.2, 0) is 22.6 Å². The minimum atomic E-state index is -1.09. The molecule has 8 nitrogen and oxygen atoms in total. The van der Waals surface area contributed by atoms with Crippen molar-refractivity contribution in [3.8, 4) is 17.0 Å². The summed E-state index contributed by atoms with van der Waals surface area (Å²) in [4.78, 5) is 28.7. The van der Waals surface area contributed by atoms with Gasteiger partial charge in [0.1, 0.15) is 17.0 Å². The fraction of sp³-hybridized carbons (Fsp3) is 0.346. The van der Waals surface area contributed by atoms with Crippen molar-refractivity contribution in [2.24, 2.45) is 0 Å². The number of aromatic nitrogens is 2. The van der Waals surface area contributed by atoms with Gasteiger partial charge < -0.3 is 19.7 Å². The summed E-state index contributed by atoms with van der Waals surface area (Å²) < 4.78 is 12.1. The van der Waals surface area contributed by atoms with Crippen molar-refractivity contribution in [2.75, 3.05) is 27.4 Å². The standard InChI is InChI=1S/C26H30N4O4/c1-26(25(32)27-17-19-8-5-4-6-9-19)18-30-23(24(31)29(26)14-7-15-33-2)16-22(28-30)20-10-12-21(34-3)13-11-20/h4-6,8-13,16H,7,14-15,17-18H2,1-3H3,(H,27,32)/t26-/m1/s1. The number of methoxy groups -OCH3 is 2. The molecule has 34 heavy (non-hydrogen) atoms. The average Bonchev–Trinajstić information content (AvgIpc) is 3.29. The van der Waals surface area contributed by atoms with Crippen LogP contribution in [0.1, 0.15) is 29.4 Å². The van der Waals surface area contributed by atoms with Gasteiger partial charge in [-0.05, 0) is 49.2 Å². The molecule has 1 atom stereocenters. The molecule has 0 radical (unpaired) electrons. The lowest BCUT2D eigenvalue weighted by atomic mass is 9.94. The van der Waals surface area contributed by atoms with Crippen molar-refractivity contribution >= 4 is 11.8 Å². The first-order chi connectivity index (χ1) is 16.5. The number of carbonyl (C=O) groups is 2. The number of nitrogens with zero attached hydrogens (tertiary/aromatic N) is 3. The van der Waals surface area contributed by atoms with Crippen LogP contribution in [0.25, 0.3) is 11.3 Å². The predicted octanol–water partition coefficient (Wildman–Crippen LogP) is 3.13. The number of carbonyl (C=O) groups excluding carboxylic acids is 2. The Morgan fingerprint density at radius 1 is 1.12 bits per heavy atom. The van der Waals surface area contributed by atoms with Gasteiger partial charge in [-0.1, -0.05) is 30.3 Å². The largest absolute Gasteiger partial charge is 0.497 e. The molecule has 2 amide bonds. The van der Waals surface area contributed by atoms with Crippen LogP contribution in [0, 0.1) is 0 Å². The summed E-state index contributed by atoms with van der Waals surface area (Å²) in [5.41, 5.74) is 1.93. The second-order valence-electron chi connectivity index (χ2n) is 8.55. The fourth-order valence-corrected chi connectivity index (χ4v) is 4.23. The van der Waals surface area contributed by atoms with Gasteiger partial charge in [0.2, 0.25) is 5.91 Å². The normalized spacial score (nSPS) is 17.4. The lowest BCUT2D eigenvalue weighted by molar-refractivity contribution is -0.133. The third-order valence-corrected chi connectivity index (χ3v) is 6.20. The molecule has 1 aromatic heterocycles. The van der Waals surface area contributed by atoms with Crippen LogP contribution in [0.5, 0.6) is 5.75 Å². The highest BCUT2D eigenvalue weighted by molar-refractivity contribution is 6.00. The molecule has 0 saturated carbocycles. The van der Waals surface area contributed by atoms with E-state index in [9.17, 15) is 9.59 Å². The minimum Gasteiger partial charge on any atom is -0.497 e. The Balaban J connectivity index is 1.62. The highest BCUT2D eigenvalue weighted by atomic mass is 16.5. The fourth-order valence-electron chi connectivity index (χ4n) is 4.23. The molecule has 178 valence electrons. The molecule has 2 heterocycles. The Hall–Kier alpha value is -3.65. The van der Waals surface area contributed by atoms with E-state index in [0.29, 0.717) is 37.5 Å². The van der Waals surface area contributed by atoms with Crippen LogP contribution < -0.4 is 10.1 Å². The van der Waals surface area contributed by atoms with E-state index in [2.05, 4.69) is 10.4 Å². The number of benzene rings is 2. The van der Waals surface area contributed by atoms with Crippen molar-refractivity contribution in [2.45, 2.75) is 32.0 Å². The molecular weight excluding hydrogens is 432 g/mol. The number of nitrogens with one attached hydrogen (secondary N) is 1. The summed E-state index contributed by atoms with van der Waals surface area (Å²) in [5.74, 6) is 0.317. The molecule has 2 aromatic carbocycles. The molecule has 3 aromatic rings. The number of amides is 2. The molecule has 4 rings (SSSR count). The van der Waals surface area contributed by atoms with E-state index in [-0.39, 0.29) is 18.4 Å². The molecule has 1 aliphatic rings. The number of ether oxygens (including phenoxy) is 2. The van der Waals surface area contributed by atoms with E-state index in [1.165, 1.54) is 0 Å². The van der Waals surface area contributed by atoms with E-state index in [4.69, 9.17) is 9.47 Å². The molecule has 0 spiro atoms. The van der Waals surface area contributed by atoms with Crippen molar-refractivity contribution < 1.29 is 19.1 Å². The van der Waals surface area contributed by atoms with Gasteiger partial charge in [0, 0.05) is 32.4 Å². The van der Waals surface area contributed by atoms with Gasteiger partial charge in [-0.15, -0.1) is 0 Å². The van der Waals surface area contributed by atoms with E-state index in [1.807, 2.05) is 54.6 Å². The zero-order valence-electron chi connectivity index (χ0n) is 19.8. The van der Waals surface area contributed by atoms with Gasteiger partial charge in [-0.25, -0.2) is 0 Å². The third-order valence-electron chi connectivity index (χ3n) is 6.20. The zero-order chi connectivity index (χ0) is 24.1. The van der Waals surface area contributed by atoms with E-state index in [0.717, 1.165) is 16.9 Å². The van der Waals surface area contributed by atoms with Crippen LogP contribution in [0.2, 0.25) is 0 Å². The lowest BCUT2D eigenvalue weighted by Crippen LogP contribution is -2.64. The molecule has 0 unspecified atom stereocenters. The van der Waals surface area contributed by atoms with Crippen LogP contribution in [-0.4, -0.2) is 59.4 Å². The van der Waals surface area contributed by atoms with Gasteiger partial charge in [-0.3, -0.25) is 14.3 Å². The van der Waals surface area contributed by atoms with Crippen molar-refractivity contribution in [1.82, 2.24) is 20.0 Å². The summed E-state index contributed by atoms with van der Waals surface area (Å²) in [6.45, 7) is 3.36. The predicted molar refractivity (Wildman–Crippen MR) is 128 cm³/mol. The number of hydrogen-bond acceptors (Lipinski definition) is 5. The van der Waals surface area contributed by atoms with E-state index >= 15 is 0 Å². The Labute approximate surface area is 199 Å². The van der Waals surface area contributed by atoms with Gasteiger partial charge >= 0.3 is 0 Å². The summed E-state index contributed by atoms with van der Waals surface area (Å²) in [6, 6.07) is 19.0. The third kappa shape index (κ3) is 4.68. The minimum absolute atomic E-state index is 0.214. The maximum atomic E-state index is 13.6. The summed E-state index contributed by atoms with van der Waals surface area (Å²) in [6.07, 6.45) is 0.628. The van der Waals surface area contributed by atoms with Crippen LogP contribution in [0.15, 0.2) is 60.7 Å².